The number of carbonyl (C=O) groups excluding carboxylic acids is 1. The summed E-state index contributed by atoms with van der Waals surface area (Å²) in [5.41, 5.74) is 2.46. The first-order valence-corrected chi connectivity index (χ1v) is 8.30. The Morgan fingerprint density at radius 3 is 2.58 bits per heavy atom. The highest BCUT2D eigenvalue weighted by atomic mass is 79.9. The Labute approximate surface area is 147 Å². The lowest BCUT2D eigenvalue weighted by molar-refractivity contribution is 0.0438. The summed E-state index contributed by atoms with van der Waals surface area (Å²) in [5, 5.41) is 7.89. The van der Waals surface area contributed by atoms with Gasteiger partial charge in [0.15, 0.2) is 6.61 Å². The summed E-state index contributed by atoms with van der Waals surface area (Å²) in [6, 6.07) is 14.9. The number of nitrogens with zero attached hydrogens (tertiary/aromatic N) is 2. The van der Waals surface area contributed by atoms with E-state index in [1.165, 1.54) is 5.56 Å². The van der Waals surface area contributed by atoms with E-state index >= 15 is 0 Å². The summed E-state index contributed by atoms with van der Waals surface area (Å²) in [6.45, 7) is 2.00. The molecule has 0 saturated carbocycles. The van der Waals surface area contributed by atoms with Crippen molar-refractivity contribution in [1.82, 2.24) is 10.2 Å². The van der Waals surface area contributed by atoms with Gasteiger partial charge in [0.25, 0.3) is 5.89 Å². The van der Waals surface area contributed by atoms with Crippen LogP contribution in [-0.2, 0) is 17.8 Å². The quantitative estimate of drug-likeness (QED) is 0.607. The molecule has 1 heterocycles. The standard InChI is InChI=1S/C18H15BrN2O3/c1-2-12-7-9-13(10-8-12)18(22)23-11-16-20-21-17(24-16)14-5-3-4-6-15(14)19/h3-10H,2,11H2,1H3. The van der Waals surface area contributed by atoms with Crippen molar-refractivity contribution < 1.29 is 13.9 Å². The second-order valence-electron chi connectivity index (χ2n) is 5.11. The van der Waals surface area contributed by atoms with Crippen molar-refractivity contribution in [3.8, 4) is 11.5 Å². The van der Waals surface area contributed by atoms with Crippen LogP contribution in [0.1, 0.15) is 28.7 Å². The molecule has 0 amide bonds. The maximum atomic E-state index is 12.0. The number of benzene rings is 2. The summed E-state index contributed by atoms with van der Waals surface area (Å²) in [5.74, 6) is 0.207. The van der Waals surface area contributed by atoms with Crippen LogP contribution in [0.25, 0.3) is 11.5 Å². The number of rotatable bonds is 5. The molecule has 0 radical (unpaired) electrons. The zero-order valence-corrected chi connectivity index (χ0v) is 14.6. The van der Waals surface area contributed by atoms with Gasteiger partial charge >= 0.3 is 5.97 Å². The Hall–Kier alpha value is -2.47. The minimum Gasteiger partial charge on any atom is -0.452 e. The van der Waals surface area contributed by atoms with Crippen molar-refractivity contribution in [2.45, 2.75) is 20.0 Å². The molecule has 0 saturated heterocycles. The van der Waals surface area contributed by atoms with Gasteiger partial charge in [-0.15, -0.1) is 10.2 Å². The van der Waals surface area contributed by atoms with Gasteiger partial charge in [0.2, 0.25) is 5.89 Å². The Balaban J connectivity index is 1.65. The molecule has 122 valence electrons. The lowest BCUT2D eigenvalue weighted by atomic mass is 10.1. The highest BCUT2D eigenvalue weighted by molar-refractivity contribution is 9.10. The second-order valence-corrected chi connectivity index (χ2v) is 5.96. The second kappa shape index (κ2) is 7.40. The van der Waals surface area contributed by atoms with Crippen LogP contribution in [-0.4, -0.2) is 16.2 Å². The van der Waals surface area contributed by atoms with Crippen molar-refractivity contribution in [1.29, 1.82) is 0 Å². The number of esters is 1. The number of ether oxygens (including phenoxy) is 1. The third-order valence-electron chi connectivity index (χ3n) is 3.50. The number of hydrogen-bond donors (Lipinski definition) is 0. The predicted molar refractivity (Wildman–Crippen MR) is 92.4 cm³/mol. The first-order valence-electron chi connectivity index (χ1n) is 7.50. The molecule has 0 fully saturated rings. The maximum Gasteiger partial charge on any atom is 0.338 e. The van der Waals surface area contributed by atoms with Crippen LogP contribution in [0.15, 0.2) is 57.4 Å². The van der Waals surface area contributed by atoms with Gasteiger partial charge in [-0.05, 0) is 52.2 Å². The van der Waals surface area contributed by atoms with Crippen LogP contribution in [0.5, 0.6) is 0 Å². The molecule has 6 heteroatoms. The van der Waals surface area contributed by atoms with E-state index in [1.54, 1.807) is 12.1 Å². The fraction of sp³-hybridized carbons (Fsp3) is 0.167. The number of aromatic nitrogens is 2. The van der Waals surface area contributed by atoms with Crippen molar-refractivity contribution in [3.05, 3.63) is 70.0 Å². The molecule has 0 unspecified atom stereocenters. The highest BCUT2D eigenvalue weighted by Gasteiger charge is 2.13. The molecule has 2 aromatic carbocycles. The molecule has 0 aliphatic carbocycles. The third-order valence-corrected chi connectivity index (χ3v) is 4.19. The summed E-state index contributed by atoms with van der Waals surface area (Å²) < 4.78 is 11.6. The molecule has 24 heavy (non-hydrogen) atoms. The van der Waals surface area contributed by atoms with E-state index in [-0.39, 0.29) is 12.5 Å². The van der Waals surface area contributed by atoms with Gasteiger partial charge in [0.1, 0.15) is 0 Å². The van der Waals surface area contributed by atoms with Gasteiger partial charge in [0, 0.05) is 4.47 Å². The average Bonchev–Trinajstić information content (AvgIpc) is 3.09. The predicted octanol–water partition coefficient (Wildman–Crippen LogP) is 4.42. The normalized spacial score (nSPS) is 10.6. The van der Waals surface area contributed by atoms with Crippen LogP contribution < -0.4 is 0 Å². The molecule has 3 aromatic rings. The summed E-state index contributed by atoms with van der Waals surface area (Å²) in [7, 11) is 0. The SMILES string of the molecule is CCc1ccc(C(=O)OCc2nnc(-c3ccccc3Br)o2)cc1. The van der Waals surface area contributed by atoms with Crippen LogP contribution in [0.3, 0.4) is 0 Å². The first-order chi connectivity index (χ1) is 11.7. The lowest BCUT2D eigenvalue weighted by Gasteiger charge is -2.03. The number of halogens is 1. The largest absolute Gasteiger partial charge is 0.452 e. The van der Waals surface area contributed by atoms with E-state index in [0.717, 1.165) is 16.5 Å². The molecule has 0 aliphatic rings. The molecule has 0 aliphatic heterocycles. The van der Waals surface area contributed by atoms with Crippen LogP contribution >= 0.6 is 15.9 Å². The van der Waals surface area contributed by atoms with Crippen molar-refractivity contribution >= 4 is 21.9 Å². The van der Waals surface area contributed by atoms with E-state index in [4.69, 9.17) is 9.15 Å². The molecule has 3 rings (SSSR count). The summed E-state index contributed by atoms with van der Waals surface area (Å²) >= 11 is 3.43. The molecule has 0 atom stereocenters. The number of hydrogen-bond acceptors (Lipinski definition) is 5. The molecule has 0 spiro atoms. The monoisotopic (exact) mass is 386 g/mol. The van der Waals surface area contributed by atoms with E-state index in [1.807, 2.05) is 36.4 Å². The zero-order valence-electron chi connectivity index (χ0n) is 13.0. The lowest BCUT2D eigenvalue weighted by Crippen LogP contribution is -2.05. The number of aryl methyl sites for hydroxylation is 1. The van der Waals surface area contributed by atoms with Gasteiger partial charge in [-0.2, -0.15) is 0 Å². The molecule has 0 bridgehead atoms. The smallest absolute Gasteiger partial charge is 0.338 e. The summed E-state index contributed by atoms with van der Waals surface area (Å²) in [4.78, 5) is 12.0. The average molecular weight is 387 g/mol. The van der Waals surface area contributed by atoms with E-state index < -0.39 is 5.97 Å². The topological polar surface area (TPSA) is 65.2 Å². The van der Waals surface area contributed by atoms with Gasteiger partial charge in [-0.25, -0.2) is 4.79 Å². The first kappa shape index (κ1) is 16.4. The van der Waals surface area contributed by atoms with E-state index in [0.29, 0.717) is 11.5 Å². The Bertz CT molecular complexity index is 843. The zero-order chi connectivity index (χ0) is 16.9. The van der Waals surface area contributed by atoms with Crippen LogP contribution in [0.4, 0.5) is 0 Å². The van der Waals surface area contributed by atoms with Crippen molar-refractivity contribution in [2.75, 3.05) is 0 Å². The molecule has 5 nitrogen and oxygen atoms in total. The van der Waals surface area contributed by atoms with Crippen LogP contribution in [0, 0.1) is 0 Å². The van der Waals surface area contributed by atoms with Gasteiger partial charge in [-0.3, -0.25) is 0 Å². The molecular weight excluding hydrogens is 372 g/mol. The fourth-order valence-electron chi connectivity index (χ4n) is 2.14. The minimum atomic E-state index is -0.418. The molecule has 0 N–H and O–H groups in total. The minimum absolute atomic E-state index is 0.0637. The van der Waals surface area contributed by atoms with Gasteiger partial charge in [0.05, 0.1) is 11.1 Å². The number of carbonyl (C=O) groups is 1. The highest BCUT2D eigenvalue weighted by Crippen LogP contribution is 2.26. The fourth-order valence-corrected chi connectivity index (χ4v) is 2.60. The van der Waals surface area contributed by atoms with E-state index in [2.05, 4.69) is 33.1 Å². The Kier molecular flexibility index (Phi) is 5.05. The molecule has 1 aromatic heterocycles. The third kappa shape index (κ3) is 3.71. The maximum absolute atomic E-state index is 12.0. The Morgan fingerprint density at radius 2 is 1.88 bits per heavy atom. The van der Waals surface area contributed by atoms with Gasteiger partial charge in [-0.1, -0.05) is 31.2 Å². The summed E-state index contributed by atoms with van der Waals surface area (Å²) in [6.07, 6.45) is 0.926. The Morgan fingerprint density at radius 1 is 1.12 bits per heavy atom. The van der Waals surface area contributed by atoms with Crippen LogP contribution in [0.2, 0.25) is 0 Å². The van der Waals surface area contributed by atoms with Gasteiger partial charge < -0.3 is 9.15 Å². The molecular formula is C18H15BrN2O3. The van der Waals surface area contributed by atoms with E-state index in [9.17, 15) is 4.79 Å². The van der Waals surface area contributed by atoms with Crippen molar-refractivity contribution in [3.63, 3.8) is 0 Å². The van der Waals surface area contributed by atoms with Crippen molar-refractivity contribution in [2.24, 2.45) is 0 Å².